The highest BCUT2D eigenvalue weighted by Crippen LogP contribution is 2.37. The summed E-state index contributed by atoms with van der Waals surface area (Å²) < 4.78 is 53.1. The predicted molar refractivity (Wildman–Crippen MR) is 130 cm³/mol. The summed E-state index contributed by atoms with van der Waals surface area (Å²) in [4.78, 5) is 24.4. The Bertz CT molecular complexity index is 1290. The molecular formula is C25H26ClF3N4O4. The lowest BCUT2D eigenvalue weighted by Crippen LogP contribution is -2.31. The fraction of sp³-hybridized carbons (Fsp3) is 0.360. The molecule has 1 heterocycles. The van der Waals surface area contributed by atoms with Crippen molar-refractivity contribution in [2.75, 3.05) is 13.2 Å². The predicted octanol–water partition coefficient (Wildman–Crippen LogP) is 5.15. The van der Waals surface area contributed by atoms with Crippen LogP contribution in [0.2, 0.25) is 5.02 Å². The normalized spacial score (nSPS) is 11.8. The fourth-order valence-electron chi connectivity index (χ4n) is 3.71. The van der Waals surface area contributed by atoms with Crippen LogP contribution in [0.3, 0.4) is 0 Å². The highest BCUT2D eigenvalue weighted by atomic mass is 35.5. The van der Waals surface area contributed by atoms with Gasteiger partial charge in [0.1, 0.15) is 5.75 Å². The van der Waals surface area contributed by atoms with Gasteiger partial charge in [-0.1, -0.05) is 29.8 Å². The van der Waals surface area contributed by atoms with Gasteiger partial charge in [-0.2, -0.15) is 13.2 Å². The van der Waals surface area contributed by atoms with Crippen LogP contribution in [-0.4, -0.2) is 39.8 Å². The van der Waals surface area contributed by atoms with Crippen molar-refractivity contribution in [3.05, 3.63) is 64.4 Å². The first-order valence-corrected chi connectivity index (χ1v) is 11.7. The number of hydrogen-bond acceptors (Lipinski definition) is 6. The quantitative estimate of drug-likeness (QED) is 0.379. The molecule has 8 nitrogen and oxygen atoms in total. The standard InChI is InChI=1S/C25H26ClF3N4O4/c1-5-36-20(34)12-13-30-22(35)17-14-15(26)10-11-19(17)37-24(2,3)23-32-31-21(33(23)4)16-8-6-7-9-18(16)25(27,28)29/h6-11,14H,5,12-13H2,1-4H3,(H,30,35). The molecule has 0 aliphatic carbocycles. The Labute approximate surface area is 216 Å². The van der Waals surface area contributed by atoms with Gasteiger partial charge in [0.05, 0.1) is 24.2 Å². The van der Waals surface area contributed by atoms with E-state index in [9.17, 15) is 22.8 Å². The average Bonchev–Trinajstić information content (AvgIpc) is 3.21. The van der Waals surface area contributed by atoms with Crippen LogP contribution in [0.25, 0.3) is 11.4 Å². The van der Waals surface area contributed by atoms with Crippen molar-refractivity contribution in [2.45, 2.75) is 39.0 Å². The van der Waals surface area contributed by atoms with Crippen LogP contribution in [0.15, 0.2) is 42.5 Å². The molecule has 0 spiro atoms. The number of carbonyl (C=O) groups is 2. The van der Waals surface area contributed by atoms with Crippen molar-refractivity contribution in [2.24, 2.45) is 7.05 Å². The van der Waals surface area contributed by atoms with E-state index in [1.807, 2.05) is 0 Å². The zero-order chi connectivity index (χ0) is 27.4. The van der Waals surface area contributed by atoms with Crippen molar-refractivity contribution < 1.29 is 32.2 Å². The monoisotopic (exact) mass is 538 g/mol. The second kappa shape index (κ2) is 11.2. The third-order valence-electron chi connectivity index (χ3n) is 5.36. The van der Waals surface area contributed by atoms with Crippen LogP contribution < -0.4 is 10.1 Å². The van der Waals surface area contributed by atoms with Crippen molar-refractivity contribution in [1.82, 2.24) is 20.1 Å². The topological polar surface area (TPSA) is 95.3 Å². The summed E-state index contributed by atoms with van der Waals surface area (Å²) in [5, 5.41) is 11.0. The lowest BCUT2D eigenvalue weighted by molar-refractivity contribution is -0.143. The number of nitrogens with one attached hydrogen (secondary N) is 1. The van der Waals surface area contributed by atoms with Gasteiger partial charge in [0.15, 0.2) is 17.2 Å². The van der Waals surface area contributed by atoms with Gasteiger partial charge in [0.25, 0.3) is 5.91 Å². The first-order valence-electron chi connectivity index (χ1n) is 11.3. The molecule has 3 aromatic rings. The van der Waals surface area contributed by atoms with Gasteiger partial charge in [-0.25, -0.2) is 0 Å². The zero-order valence-electron chi connectivity index (χ0n) is 20.6. The molecule has 0 saturated carbocycles. The van der Waals surface area contributed by atoms with Gasteiger partial charge in [-0.05, 0) is 45.0 Å². The Balaban J connectivity index is 1.88. The largest absolute Gasteiger partial charge is 0.479 e. The summed E-state index contributed by atoms with van der Waals surface area (Å²) >= 11 is 6.09. The van der Waals surface area contributed by atoms with E-state index in [4.69, 9.17) is 21.1 Å². The molecule has 1 aromatic heterocycles. The Hall–Kier alpha value is -3.60. The first-order chi connectivity index (χ1) is 17.3. The first kappa shape index (κ1) is 28.0. The molecule has 0 atom stereocenters. The van der Waals surface area contributed by atoms with Crippen LogP contribution in [0.4, 0.5) is 13.2 Å². The van der Waals surface area contributed by atoms with Gasteiger partial charge < -0.3 is 19.4 Å². The van der Waals surface area contributed by atoms with Crippen LogP contribution >= 0.6 is 11.6 Å². The fourth-order valence-corrected chi connectivity index (χ4v) is 3.88. The Morgan fingerprint density at radius 1 is 1.11 bits per heavy atom. The number of ether oxygens (including phenoxy) is 2. The SMILES string of the molecule is CCOC(=O)CCNC(=O)c1cc(Cl)ccc1OC(C)(C)c1nnc(-c2ccccc2C(F)(F)F)n1C. The lowest BCUT2D eigenvalue weighted by atomic mass is 10.1. The molecule has 1 amide bonds. The molecule has 12 heteroatoms. The van der Waals surface area contributed by atoms with Gasteiger partial charge in [-0.15, -0.1) is 10.2 Å². The Morgan fingerprint density at radius 3 is 2.49 bits per heavy atom. The van der Waals surface area contributed by atoms with Gasteiger partial charge in [0, 0.05) is 24.2 Å². The number of amides is 1. The maximum Gasteiger partial charge on any atom is 0.417 e. The van der Waals surface area contributed by atoms with Crippen LogP contribution in [0.1, 0.15) is 48.9 Å². The molecule has 37 heavy (non-hydrogen) atoms. The van der Waals surface area contributed by atoms with E-state index >= 15 is 0 Å². The highest BCUT2D eigenvalue weighted by Gasteiger charge is 2.36. The summed E-state index contributed by atoms with van der Waals surface area (Å²) in [6.07, 6.45) is -4.59. The summed E-state index contributed by atoms with van der Waals surface area (Å²) in [5.74, 6) is -0.592. The van der Waals surface area contributed by atoms with Crippen molar-refractivity contribution in [3.63, 3.8) is 0 Å². The molecule has 3 rings (SSSR count). The molecule has 0 bridgehead atoms. The van der Waals surface area contributed by atoms with Gasteiger partial charge in [-0.3, -0.25) is 9.59 Å². The number of rotatable bonds is 9. The van der Waals surface area contributed by atoms with E-state index in [1.165, 1.54) is 48.0 Å². The number of esters is 1. The van der Waals surface area contributed by atoms with E-state index in [-0.39, 0.29) is 53.1 Å². The summed E-state index contributed by atoms with van der Waals surface area (Å²) in [6, 6.07) is 9.53. The lowest BCUT2D eigenvalue weighted by Gasteiger charge is -2.27. The number of carbonyl (C=O) groups excluding carboxylic acids is 2. The average molecular weight is 539 g/mol. The second-order valence-corrected chi connectivity index (χ2v) is 8.95. The third kappa shape index (κ3) is 6.59. The molecule has 1 N–H and O–H groups in total. The maximum absolute atomic E-state index is 13.6. The zero-order valence-corrected chi connectivity index (χ0v) is 21.4. The number of aromatic nitrogens is 3. The Kier molecular flexibility index (Phi) is 8.47. The molecule has 2 aromatic carbocycles. The van der Waals surface area contributed by atoms with E-state index in [2.05, 4.69) is 15.5 Å². The number of nitrogens with zero attached hydrogens (tertiary/aromatic N) is 3. The molecule has 0 aliphatic heterocycles. The molecule has 0 unspecified atom stereocenters. The van der Waals surface area contributed by atoms with Crippen LogP contribution in [-0.2, 0) is 28.4 Å². The second-order valence-electron chi connectivity index (χ2n) is 8.51. The minimum absolute atomic E-state index is 0.00707. The number of benzene rings is 2. The molecule has 198 valence electrons. The van der Waals surface area contributed by atoms with Crippen molar-refractivity contribution in [1.29, 1.82) is 0 Å². The number of hydrogen-bond donors (Lipinski definition) is 1. The van der Waals surface area contributed by atoms with Crippen molar-refractivity contribution in [3.8, 4) is 17.1 Å². The third-order valence-corrected chi connectivity index (χ3v) is 5.59. The van der Waals surface area contributed by atoms with E-state index in [1.54, 1.807) is 20.8 Å². The molecule has 0 saturated heterocycles. The van der Waals surface area contributed by atoms with Gasteiger partial charge in [0.2, 0.25) is 0 Å². The van der Waals surface area contributed by atoms with Crippen molar-refractivity contribution >= 4 is 23.5 Å². The summed E-state index contributed by atoms with van der Waals surface area (Å²) in [6.45, 7) is 5.25. The highest BCUT2D eigenvalue weighted by molar-refractivity contribution is 6.31. The molecule has 0 aliphatic rings. The van der Waals surface area contributed by atoms with Crippen LogP contribution in [0, 0.1) is 0 Å². The van der Waals surface area contributed by atoms with Gasteiger partial charge >= 0.3 is 12.1 Å². The minimum Gasteiger partial charge on any atom is -0.479 e. The maximum atomic E-state index is 13.6. The summed E-state index contributed by atoms with van der Waals surface area (Å²) in [7, 11) is 1.54. The van der Waals surface area contributed by atoms with E-state index in [0.717, 1.165) is 6.07 Å². The number of halogens is 4. The molecule has 0 fully saturated rings. The molecular weight excluding hydrogens is 513 g/mol. The van der Waals surface area contributed by atoms with Crippen LogP contribution in [0.5, 0.6) is 5.75 Å². The molecule has 0 radical (unpaired) electrons. The minimum atomic E-state index is -4.58. The Morgan fingerprint density at radius 2 is 1.81 bits per heavy atom. The van der Waals surface area contributed by atoms with E-state index < -0.39 is 29.2 Å². The number of alkyl halides is 3. The summed E-state index contributed by atoms with van der Waals surface area (Å²) in [5.41, 5.74) is -2.08. The smallest absolute Gasteiger partial charge is 0.417 e. The van der Waals surface area contributed by atoms with E-state index in [0.29, 0.717) is 0 Å².